The van der Waals surface area contributed by atoms with Crippen molar-refractivity contribution in [1.82, 2.24) is 14.1 Å². The van der Waals surface area contributed by atoms with Gasteiger partial charge in [0.05, 0.1) is 4.92 Å². The second kappa shape index (κ2) is 5.96. The number of rotatable bonds is 3. The largest absolute Gasteiger partial charge is 0.412 e. The van der Waals surface area contributed by atoms with Gasteiger partial charge in [0, 0.05) is 31.9 Å². The van der Waals surface area contributed by atoms with Crippen LogP contribution in [0.15, 0.2) is 33.9 Å². The van der Waals surface area contributed by atoms with E-state index in [2.05, 4.69) is 10.3 Å². The Morgan fingerprint density at radius 3 is 2.24 bits per heavy atom. The van der Waals surface area contributed by atoms with Gasteiger partial charge in [-0.25, -0.2) is 14.2 Å². The minimum absolute atomic E-state index is 0. The monoisotopic (exact) mass is 295 g/mol. The first kappa shape index (κ1) is 16.0. The van der Waals surface area contributed by atoms with E-state index < -0.39 is 16.3 Å². The van der Waals surface area contributed by atoms with E-state index in [-0.39, 0.29) is 17.1 Å². The van der Waals surface area contributed by atoms with Crippen LogP contribution in [0.25, 0.3) is 0 Å². The Kier molecular flexibility index (Phi) is 4.56. The smallest absolute Gasteiger partial charge is 0.354 e. The third-order valence-corrected chi connectivity index (χ3v) is 2.71. The molecule has 21 heavy (non-hydrogen) atoms. The minimum atomic E-state index is -0.683. The van der Waals surface area contributed by atoms with Crippen LogP contribution in [0.4, 0.5) is 17.3 Å². The summed E-state index contributed by atoms with van der Waals surface area (Å²) in [6.45, 7) is 0. The van der Waals surface area contributed by atoms with Gasteiger partial charge >= 0.3 is 11.4 Å². The first-order chi connectivity index (χ1) is 9.40. The summed E-state index contributed by atoms with van der Waals surface area (Å²) < 4.78 is 2.05. The topological polar surface area (TPSA) is 144 Å². The van der Waals surface area contributed by atoms with E-state index in [1.807, 2.05) is 0 Å². The summed E-state index contributed by atoms with van der Waals surface area (Å²) >= 11 is 0. The Balaban J connectivity index is 0.00000220. The molecule has 0 fully saturated rings. The first-order valence-electron chi connectivity index (χ1n) is 5.55. The van der Waals surface area contributed by atoms with Crippen molar-refractivity contribution in [1.29, 1.82) is 0 Å². The summed E-state index contributed by atoms with van der Waals surface area (Å²) in [5.74, 6) is 0.0620. The molecule has 10 heteroatoms. The Morgan fingerprint density at radius 2 is 1.71 bits per heavy atom. The third kappa shape index (κ3) is 3.12. The molecule has 112 valence electrons. The standard InChI is InChI=1S/C11H11N5O4.H2O/c1-14-9(13-10(17)15(2)11(14)18)12-7-3-5-8(6-4-7)16(19)20;/h3-6H,1-2H3,(H,12,13,17);1H2. The van der Waals surface area contributed by atoms with Crippen molar-refractivity contribution in [3.8, 4) is 0 Å². The van der Waals surface area contributed by atoms with Gasteiger partial charge in [0.1, 0.15) is 0 Å². The molecule has 0 aliphatic heterocycles. The van der Waals surface area contributed by atoms with Crippen molar-refractivity contribution >= 4 is 17.3 Å². The molecule has 0 radical (unpaired) electrons. The van der Waals surface area contributed by atoms with Gasteiger partial charge in [0.15, 0.2) is 0 Å². The second-order valence-corrected chi connectivity index (χ2v) is 4.05. The molecule has 10 nitrogen and oxygen atoms in total. The van der Waals surface area contributed by atoms with Gasteiger partial charge in [0.25, 0.3) is 5.69 Å². The second-order valence-electron chi connectivity index (χ2n) is 4.05. The zero-order chi connectivity index (χ0) is 14.9. The van der Waals surface area contributed by atoms with Crippen LogP contribution in [0.2, 0.25) is 0 Å². The van der Waals surface area contributed by atoms with Crippen LogP contribution in [-0.4, -0.2) is 24.5 Å². The van der Waals surface area contributed by atoms with Gasteiger partial charge in [-0.2, -0.15) is 4.98 Å². The average Bonchev–Trinajstić information content (AvgIpc) is 2.43. The highest BCUT2D eigenvalue weighted by atomic mass is 16.6. The molecule has 1 heterocycles. The van der Waals surface area contributed by atoms with Crippen LogP contribution in [0.3, 0.4) is 0 Å². The SMILES string of the molecule is Cn1c(Nc2ccc([N+](=O)[O-])cc2)nc(=O)n(C)c1=O.O. The number of nitro groups is 1. The summed E-state index contributed by atoms with van der Waals surface area (Å²) in [6, 6.07) is 5.53. The number of hydrogen-bond donors (Lipinski definition) is 1. The van der Waals surface area contributed by atoms with Crippen molar-refractivity contribution in [2.75, 3.05) is 5.32 Å². The summed E-state index contributed by atoms with van der Waals surface area (Å²) in [5.41, 5.74) is -0.778. The molecule has 3 N–H and O–H groups in total. The number of anilines is 2. The summed E-state index contributed by atoms with van der Waals surface area (Å²) in [5, 5.41) is 13.3. The molecule has 0 saturated carbocycles. The molecule has 0 aliphatic carbocycles. The number of nitrogens with zero attached hydrogens (tertiary/aromatic N) is 4. The molecule has 0 atom stereocenters. The van der Waals surface area contributed by atoms with Gasteiger partial charge < -0.3 is 10.8 Å². The Bertz CT molecular complexity index is 777. The fourth-order valence-corrected chi connectivity index (χ4v) is 1.55. The van der Waals surface area contributed by atoms with Crippen molar-refractivity contribution < 1.29 is 10.4 Å². The van der Waals surface area contributed by atoms with Gasteiger partial charge in [-0.1, -0.05) is 0 Å². The maximum atomic E-state index is 11.7. The van der Waals surface area contributed by atoms with Gasteiger partial charge in [-0.3, -0.25) is 14.7 Å². The third-order valence-electron chi connectivity index (χ3n) is 2.71. The van der Waals surface area contributed by atoms with E-state index in [0.29, 0.717) is 5.69 Å². The summed E-state index contributed by atoms with van der Waals surface area (Å²) in [6.07, 6.45) is 0. The molecule has 0 spiro atoms. The molecule has 0 unspecified atom stereocenters. The minimum Gasteiger partial charge on any atom is -0.412 e. The van der Waals surface area contributed by atoms with Crippen molar-refractivity contribution in [3.05, 3.63) is 55.3 Å². The van der Waals surface area contributed by atoms with Crippen LogP contribution in [0.1, 0.15) is 0 Å². The molecule has 1 aromatic carbocycles. The van der Waals surface area contributed by atoms with Crippen LogP contribution in [-0.2, 0) is 14.1 Å². The Hall–Kier alpha value is -3.01. The maximum absolute atomic E-state index is 11.7. The lowest BCUT2D eigenvalue weighted by molar-refractivity contribution is -0.384. The number of hydrogen-bond acceptors (Lipinski definition) is 6. The van der Waals surface area contributed by atoms with E-state index in [0.717, 1.165) is 4.57 Å². The maximum Gasteiger partial charge on any atom is 0.354 e. The molecular weight excluding hydrogens is 282 g/mol. The lowest BCUT2D eigenvalue weighted by Crippen LogP contribution is -2.39. The van der Waals surface area contributed by atoms with Gasteiger partial charge in [0.2, 0.25) is 5.95 Å². The molecule has 1 aromatic heterocycles. The van der Waals surface area contributed by atoms with Crippen LogP contribution < -0.4 is 16.7 Å². The highest BCUT2D eigenvalue weighted by Gasteiger charge is 2.09. The first-order valence-corrected chi connectivity index (χ1v) is 5.55. The molecule has 2 rings (SSSR count). The lowest BCUT2D eigenvalue weighted by Gasteiger charge is -2.09. The van der Waals surface area contributed by atoms with E-state index in [1.54, 1.807) is 0 Å². The fraction of sp³-hybridized carbons (Fsp3) is 0.182. The highest BCUT2D eigenvalue weighted by Crippen LogP contribution is 2.17. The van der Waals surface area contributed by atoms with E-state index in [1.165, 1.54) is 42.9 Å². The predicted octanol–water partition coefficient (Wildman–Crippen LogP) is -0.694. The average molecular weight is 295 g/mol. The van der Waals surface area contributed by atoms with Crippen LogP contribution in [0.5, 0.6) is 0 Å². The zero-order valence-corrected chi connectivity index (χ0v) is 11.2. The number of aromatic nitrogens is 3. The van der Waals surface area contributed by atoms with Gasteiger partial charge in [-0.15, -0.1) is 0 Å². The number of benzene rings is 1. The fourth-order valence-electron chi connectivity index (χ4n) is 1.55. The van der Waals surface area contributed by atoms with E-state index in [4.69, 9.17) is 0 Å². The Labute approximate surface area is 117 Å². The molecule has 0 amide bonds. The van der Waals surface area contributed by atoms with Crippen molar-refractivity contribution in [2.45, 2.75) is 0 Å². The molecule has 0 aliphatic rings. The lowest BCUT2D eigenvalue weighted by atomic mass is 10.3. The molecular formula is C11H13N5O5. The number of nitrogens with one attached hydrogen (secondary N) is 1. The van der Waals surface area contributed by atoms with E-state index >= 15 is 0 Å². The molecule has 2 aromatic rings. The number of nitro benzene ring substituents is 1. The van der Waals surface area contributed by atoms with Crippen molar-refractivity contribution in [2.24, 2.45) is 14.1 Å². The summed E-state index contributed by atoms with van der Waals surface area (Å²) in [7, 11) is 2.79. The van der Waals surface area contributed by atoms with E-state index in [9.17, 15) is 19.7 Å². The molecule has 0 bridgehead atoms. The van der Waals surface area contributed by atoms with Crippen molar-refractivity contribution in [3.63, 3.8) is 0 Å². The highest BCUT2D eigenvalue weighted by molar-refractivity contribution is 5.55. The summed E-state index contributed by atoms with van der Waals surface area (Å²) in [4.78, 5) is 36.9. The van der Waals surface area contributed by atoms with Gasteiger partial charge in [-0.05, 0) is 12.1 Å². The number of non-ortho nitro benzene ring substituents is 1. The predicted molar refractivity (Wildman–Crippen MR) is 74.7 cm³/mol. The quantitative estimate of drug-likeness (QED) is 0.586. The normalized spacial score (nSPS) is 9.81. The Morgan fingerprint density at radius 1 is 1.14 bits per heavy atom. The zero-order valence-electron chi connectivity index (χ0n) is 11.2. The van der Waals surface area contributed by atoms with Crippen LogP contribution in [0, 0.1) is 10.1 Å². The molecule has 0 saturated heterocycles. The van der Waals surface area contributed by atoms with Crippen LogP contribution >= 0.6 is 0 Å².